The van der Waals surface area contributed by atoms with Crippen LogP contribution in [0.25, 0.3) is 0 Å². The average molecular weight is 260 g/mol. The van der Waals surface area contributed by atoms with E-state index in [0.29, 0.717) is 11.6 Å². The molecule has 0 aromatic rings. The van der Waals surface area contributed by atoms with Crippen molar-refractivity contribution in [3.8, 4) is 0 Å². The molecule has 16 heavy (non-hydrogen) atoms. The minimum Gasteiger partial charge on any atom is -0.359 e. The van der Waals surface area contributed by atoms with E-state index in [1.807, 2.05) is 23.5 Å². The molecule has 0 aromatic heterocycles. The predicted octanol–water partition coefficient (Wildman–Crippen LogP) is 3.38. The standard InChI is InChI=1S/C12H24N2S2/c1-5-12(6-2)9-16-11(14-12)13-10(3)7-8-15-4/h10H,5-9H2,1-4H3,(H,13,14). The highest BCUT2D eigenvalue weighted by molar-refractivity contribution is 8.14. The van der Waals surface area contributed by atoms with Crippen LogP contribution < -0.4 is 5.32 Å². The first-order valence-corrected chi connectivity index (χ1v) is 8.51. The third-order valence-corrected chi connectivity index (χ3v) is 5.11. The van der Waals surface area contributed by atoms with Gasteiger partial charge in [-0.3, -0.25) is 4.99 Å². The third kappa shape index (κ3) is 3.88. The molecule has 1 aliphatic heterocycles. The molecule has 4 heteroatoms. The lowest BCUT2D eigenvalue weighted by Crippen LogP contribution is -2.42. The zero-order valence-corrected chi connectivity index (χ0v) is 12.5. The van der Waals surface area contributed by atoms with E-state index in [4.69, 9.17) is 4.99 Å². The molecule has 0 aliphatic carbocycles. The summed E-state index contributed by atoms with van der Waals surface area (Å²) in [4.78, 5) is 4.76. The largest absolute Gasteiger partial charge is 0.359 e. The van der Waals surface area contributed by atoms with Crippen molar-refractivity contribution in [2.75, 3.05) is 17.8 Å². The van der Waals surface area contributed by atoms with E-state index in [-0.39, 0.29) is 0 Å². The molecule has 0 saturated carbocycles. The summed E-state index contributed by atoms with van der Waals surface area (Å²) in [6.07, 6.45) is 5.71. The number of aliphatic imine (C=N–C) groups is 1. The maximum atomic E-state index is 4.76. The van der Waals surface area contributed by atoms with Crippen molar-refractivity contribution in [1.82, 2.24) is 5.32 Å². The van der Waals surface area contributed by atoms with Crippen LogP contribution in [0, 0.1) is 0 Å². The summed E-state index contributed by atoms with van der Waals surface area (Å²) in [5.41, 5.74) is 0.308. The second-order valence-electron chi connectivity index (χ2n) is 4.47. The quantitative estimate of drug-likeness (QED) is 0.792. The summed E-state index contributed by atoms with van der Waals surface area (Å²) in [7, 11) is 0. The molecular formula is C12H24N2S2. The van der Waals surface area contributed by atoms with Gasteiger partial charge in [-0.25, -0.2) is 0 Å². The molecule has 0 radical (unpaired) electrons. The van der Waals surface area contributed by atoms with Gasteiger partial charge in [0, 0.05) is 11.3 Å². The average Bonchev–Trinajstić information content (AvgIpc) is 2.70. The highest BCUT2D eigenvalue weighted by atomic mass is 32.2. The Morgan fingerprint density at radius 3 is 2.69 bits per heavy atom. The fourth-order valence-corrected chi connectivity index (χ4v) is 3.77. The minimum atomic E-state index is 0.308. The Kier molecular flexibility index (Phi) is 6.05. The van der Waals surface area contributed by atoms with Crippen molar-refractivity contribution in [1.29, 1.82) is 0 Å². The lowest BCUT2D eigenvalue weighted by atomic mass is 9.96. The summed E-state index contributed by atoms with van der Waals surface area (Å²) in [5, 5.41) is 4.78. The Balaban J connectivity index is 2.48. The number of amidine groups is 1. The predicted molar refractivity (Wildman–Crippen MR) is 78.8 cm³/mol. The summed E-state index contributed by atoms with van der Waals surface area (Å²) in [5.74, 6) is 2.38. The monoisotopic (exact) mass is 260 g/mol. The van der Waals surface area contributed by atoms with Gasteiger partial charge in [0.1, 0.15) is 0 Å². The van der Waals surface area contributed by atoms with Crippen LogP contribution in [0.3, 0.4) is 0 Å². The number of hydrogen-bond donors (Lipinski definition) is 1. The maximum Gasteiger partial charge on any atom is 0.157 e. The molecule has 94 valence electrons. The number of nitrogens with zero attached hydrogens (tertiary/aromatic N) is 1. The molecule has 1 fully saturated rings. The normalized spacial score (nSPS) is 23.4. The summed E-state index contributed by atoms with van der Waals surface area (Å²) in [6, 6.07) is 0.451. The lowest BCUT2D eigenvalue weighted by Gasteiger charge is -2.25. The highest BCUT2D eigenvalue weighted by Gasteiger charge is 2.33. The van der Waals surface area contributed by atoms with Crippen LogP contribution in [0.2, 0.25) is 0 Å². The second kappa shape index (κ2) is 6.80. The molecule has 1 N–H and O–H groups in total. The molecule has 1 rings (SSSR count). The number of rotatable bonds is 6. The Morgan fingerprint density at radius 2 is 2.19 bits per heavy atom. The van der Waals surface area contributed by atoms with E-state index in [2.05, 4.69) is 32.3 Å². The van der Waals surface area contributed by atoms with Gasteiger partial charge in [-0.15, -0.1) is 0 Å². The minimum absolute atomic E-state index is 0.308. The van der Waals surface area contributed by atoms with Gasteiger partial charge in [0.15, 0.2) is 5.17 Å². The van der Waals surface area contributed by atoms with Crippen LogP contribution >= 0.6 is 23.5 Å². The van der Waals surface area contributed by atoms with Gasteiger partial charge in [-0.1, -0.05) is 25.6 Å². The van der Waals surface area contributed by atoms with Crippen LogP contribution in [0.4, 0.5) is 0 Å². The molecule has 1 atom stereocenters. The molecule has 1 aliphatic rings. The molecule has 2 nitrogen and oxygen atoms in total. The van der Waals surface area contributed by atoms with Crippen molar-refractivity contribution >= 4 is 28.7 Å². The Hall–Kier alpha value is 0.170. The van der Waals surface area contributed by atoms with E-state index in [1.54, 1.807) is 0 Å². The highest BCUT2D eigenvalue weighted by Crippen LogP contribution is 2.29. The van der Waals surface area contributed by atoms with E-state index >= 15 is 0 Å². The number of nitrogens with one attached hydrogen (secondary N) is 1. The third-order valence-electron chi connectivity index (χ3n) is 3.29. The van der Waals surface area contributed by atoms with Crippen molar-refractivity contribution in [2.24, 2.45) is 4.99 Å². The smallest absolute Gasteiger partial charge is 0.157 e. The zero-order valence-electron chi connectivity index (χ0n) is 10.9. The van der Waals surface area contributed by atoms with Crippen LogP contribution in [-0.4, -0.2) is 34.5 Å². The van der Waals surface area contributed by atoms with Gasteiger partial charge in [0.25, 0.3) is 0 Å². The van der Waals surface area contributed by atoms with Gasteiger partial charge >= 0.3 is 0 Å². The Labute approximate surface area is 108 Å². The Bertz CT molecular complexity index is 237. The van der Waals surface area contributed by atoms with Crippen molar-refractivity contribution in [3.63, 3.8) is 0 Å². The first kappa shape index (κ1) is 14.2. The molecule has 1 saturated heterocycles. The molecule has 0 aromatic carbocycles. The first-order chi connectivity index (χ1) is 7.65. The van der Waals surface area contributed by atoms with Gasteiger partial charge < -0.3 is 5.32 Å². The van der Waals surface area contributed by atoms with Crippen molar-refractivity contribution in [2.45, 2.75) is 51.6 Å². The first-order valence-electron chi connectivity index (χ1n) is 6.13. The van der Waals surface area contributed by atoms with Gasteiger partial charge in [0.2, 0.25) is 0 Å². The molecule has 1 unspecified atom stereocenters. The van der Waals surface area contributed by atoms with Gasteiger partial charge in [-0.2, -0.15) is 11.8 Å². The van der Waals surface area contributed by atoms with Crippen molar-refractivity contribution < 1.29 is 0 Å². The molecule has 1 heterocycles. The van der Waals surface area contributed by atoms with E-state index in [0.717, 1.165) is 5.17 Å². The number of hydrogen-bond acceptors (Lipinski definition) is 3. The van der Waals surface area contributed by atoms with E-state index < -0.39 is 0 Å². The van der Waals surface area contributed by atoms with Crippen LogP contribution in [-0.2, 0) is 0 Å². The van der Waals surface area contributed by atoms with E-state index in [1.165, 1.54) is 30.8 Å². The zero-order chi connectivity index (χ0) is 12.0. The van der Waals surface area contributed by atoms with Gasteiger partial charge in [-0.05, 0) is 38.2 Å². The van der Waals surface area contributed by atoms with Gasteiger partial charge in [0.05, 0.1) is 6.04 Å². The molecule has 0 amide bonds. The molecule has 0 bridgehead atoms. The van der Waals surface area contributed by atoms with Crippen LogP contribution in [0.1, 0.15) is 40.0 Å². The molecule has 0 spiro atoms. The van der Waals surface area contributed by atoms with Crippen LogP contribution in [0.5, 0.6) is 0 Å². The summed E-state index contributed by atoms with van der Waals surface area (Å²) < 4.78 is 0. The fourth-order valence-electron chi connectivity index (χ4n) is 1.76. The van der Waals surface area contributed by atoms with Crippen molar-refractivity contribution in [3.05, 3.63) is 0 Å². The maximum absolute atomic E-state index is 4.76. The fraction of sp³-hybridized carbons (Fsp3) is 0.917. The number of thioether (sulfide) groups is 2. The summed E-state index contributed by atoms with van der Waals surface area (Å²) >= 11 is 3.79. The SMILES string of the molecule is CCC1(CC)CSC(=NC(C)CCSC)N1. The van der Waals surface area contributed by atoms with E-state index in [9.17, 15) is 0 Å². The Morgan fingerprint density at radius 1 is 1.50 bits per heavy atom. The second-order valence-corrected chi connectivity index (χ2v) is 6.42. The lowest BCUT2D eigenvalue weighted by molar-refractivity contribution is 0.407. The summed E-state index contributed by atoms with van der Waals surface area (Å²) in [6.45, 7) is 6.73. The topological polar surface area (TPSA) is 24.4 Å². The molecular weight excluding hydrogens is 236 g/mol. The van der Waals surface area contributed by atoms with Crippen LogP contribution in [0.15, 0.2) is 4.99 Å².